The average molecular weight is 692 g/mol. The molecule has 0 aromatic heterocycles. The van der Waals surface area contributed by atoms with E-state index in [1.54, 1.807) is 0 Å². The summed E-state index contributed by atoms with van der Waals surface area (Å²) in [4.78, 5) is 0. The van der Waals surface area contributed by atoms with Crippen molar-refractivity contribution in [3.8, 4) is 0 Å². The molecule has 0 aliphatic carbocycles. The minimum absolute atomic E-state index is 0. The Balaban J connectivity index is 0.000000813. The molecule has 3 aromatic rings. The molecule has 5 rings (SSSR count). The first-order valence-electron chi connectivity index (χ1n) is 10.7. The van der Waals surface area contributed by atoms with E-state index < -0.39 is 65.4 Å². The molecule has 0 amide bonds. The summed E-state index contributed by atoms with van der Waals surface area (Å²) in [6.07, 6.45) is -25.3. The molecule has 0 saturated heterocycles. The minimum Gasteiger partial charge on any atom is -0.214 e. The molecule has 18 heteroatoms. The number of hydrogen-bond donors (Lipinski definition) is 0. The van der Waals surface area contributed by atoms with Gasteiger partial charge < -0.3 is 0 Å². The molecule has 0 fully saturated rings. The van der Waals surface area contributed by atoms with Gasteiger partial charge in [0.15, 0.2) is 10.6 Å². The third-order valence-corrected chi connectivity index (χ3v) is 8.99. The largest absolute Gasteiger partial charge is 0.214 e. The molecule has 3 aromatic carbocycles. The summed E-state index contributed by atoms with van der Waals surface area (Å²) in [5.74, 6) is 0. The number of rotatable bonds is 0. The Morgan fingerprint density at radius 2 is 0.814 bits per heavy atom. The van der Waals surface area contributed by atoms with Crippen LogP contribution in [0.4, 0.5) is 52.7 Å². The predicted octanol–water partition coefficient (Wildman–Crippen LogP) is 7.51. The number of benzene rings is 2. The molecule has 0 bridgehead atoms. The Bertz CT molecular complexity index is 1250. The third kappa shape index (κ3) is 5.90. The molecule has 0 radical (unpaired) electrons. The third-order valence-electron chi connectivity index (χ3n) is 5.88. The number of alkyl halides is 12. The van der Waals surface area contributed by atoms with E-state index in [1.165, 1.54) is 0 Å². The van der Waals surface area contributed by atoms with Gasteiger partial charge in [0.1, 0.15) is 0 Å². The van der Waals surface area contributed by atoms with Gasteiger partial charge in [0.2, 0.25) is 0 Å². The minimum atomic E-state index is -6.31. The maximum absolute atomic E-state index is 13.9. The van der Waals surface area contributed by atoms with Gasteiger partial charge in [-0.3, -0.25) is 0 Å². The quantitative estimate of drug-likeness (QED) is 0.0806. The Labute approximate surface area is 245 Å². The summed E-state index contributed by atoms with van der Waals surface area (Å²) < 4.78 is 191. The van der Waals surface area contributed by atoms with Crippen LogP contribution in [-0.4, -0.2) is 24.7 Å². The van der Waals surface area contributed by atoms with Gasteiger partial charge in [-0.1, -0.05) is 36.4 Å². The van der Waals surface area contributed by atoms with Crippen LogP contribution in [0.25, 0.3) is 0 Å². The summed E-state index contributed by atoms with van der Waals surface area (Å²) in [7, 11) is -5.49. The molecular weight excluding hydrogens is 679 g/mol. The van der Waals surface area contributed by atoms with Gasteiger partial charge in [0.05, 0.1) is 11.1 Å². The van der Waals surface area contributed by atoms with Gasteiger partial charge in [-0.2, -0.15) is 79.9 Å². The zero-order valence-corrected chi connectivity index (χ0v) is 22.5. The van der Waals surface area contributed by atoms with Crippen molar-refractivity contribution >= 4 is 18.3 Å². The van der Waals surface area contributed by atoms with Crippen molar-refractivity contribution in [2.75, 3.05) is 0 Å². The van der Waals surface area contributed by atoms with Crippen molar-refractivity contribution in [2.24, 2.45) is 0 Å². The van der Waals surface area contributed by atoms with E-state index >= 15 is 0 Å². The maximum atomic E-state index is 13.9. The van der Waals surface area contributed by atoms with Crippen LogP contribution in [0.15, 0.2) is 78.9 Å². The van der Waals surface area contributed by atoms with Gasteiger partial charge in [-0.05, 0) is 12.1 Å². The van der Waals surface area contributed by atoms with Gasteiger partial charge >= 0.3 is 66.2 Å². The molecule has 43 heavy (non-hydrogen) atoms. The summed E-state index contributed by atoms with van der Waals surface area (Å²) in [5.41, 5.74) is -13.8. The van der Waals surface area contributed by atoms with Crippen LogP contribution in [0.5, 0.6) is 0 Å². The second-order valence-corrected chi connectivity index (χ2v) is 10.5. The molecule has 2 aliphatic heterocycles. The number of halogens is 12. The van der Waals surface area contributed by atoms with E-state index in [-0.39, 0.29) is 29.2 Å². The fourth-order valence-electron chi connectivity index (χ4n) is 4.35. The Morgan fingerprint density at radius 1 is 0.535 bits per heavy atom. The summed E-state index contributed by atoms with van der Waals surface area (Å²) in [6, 6.07) is 14.8. The summed E-state index contributed by atoms with van der Waals surface area (Å²) in [5, 5.41) is -2.36. The summed E-state index contributed by atoms with van der Waals surface area (Å²) in [6.45, 7) is 9.00. The van der Waals surface area contributed by atoms with E-state index in [1.807, 2.05) is 30.3 Å². The van der Waals surface area contributed by atoms with Crippen LogP contribution >= 0.6 is 7.72 Å². The van der Waals surface area contributed by atoms with E-state index in [0.29, 0.717) is 12.1 Å². The first kappa shape index (κ1) is 38.3. The van der Waals surface area contributed by atoms with Crippen molar-refractivity contribution in [2.45, 2.75) is 35.9 Å². The van der Waals surface area contributed by atoms with E-state index in [4.69, 9.17) is 9.30 Å². The van der Waals surface area contributed by atoms with Crippen LogP contribution in [-0.2, 0) is 46.6 Å². The van der Waals surface area contributed by atoms with Crippen LogP contribution in [0, 0.1) is 13.3 Å². The zero-order chi connectivity index (χ0) is 32.4. The van der Waals surface area contributed by atoms with Crippen LogP contribution in [0.3, 0.4) is 0 Å². The molecule has 0 N–H and O–H groups in total. The van der Waals surface area contributed by atoms with E-state index in [9.17, 15) is 52.7 Å². The SMILES string of the molecule is FC(F)(F)C1(C(F)(F)F)O[P+]2(OC(C(F)(F)F)(C(F)(F)F)c3ccccc32)c2ccccc21.[C-]#[O+].[C-]#[O+].[Fe].c1cc[cH-]c1. The molecule has 2 heterocycles. The molecular formula is C25H13F12FeO4P. The fraction of sp³-hybridized carbons (Fsp3) is 0.240. The second-order valence-electron chi connectivity index (χ2n) is 8.08. The molecule has 0 atom stereocenters. The molecule has 0 unspecified atom stereocenters. The first-order valence-corrected chi connectivity index (χ1v) is 12.3. The van der Waals surface area contributed by atoms with Crippen molar-refractivity contribution in [3.05, 3.63) is 103 Å². The van der Waals surface area contributed by atoms with Crippen molar-refractivity contribution < 1.29 is 88.1 Å². The smallest absolute Gasteiger partial charge is 0 e. The maximum Gasteiger partial charge on any atom is 0 e. The first-order chi connectivity index (χ1) is 19.4. The van der Waals surface area contributed by atoms with Crippen molar-refractivity contribution in [1.82, 2.24) is 0 Å². The molecule has 234 valence electrons. The van der Waals surface area contributed by atoms with Crippen molar-refractivity contribution in [3.63, 3.8) is 0 Å². The van der Waals surface area contributed by atoms with Crippen LogP contribution < -0.4 is 10.6 Å². The molecule has 4 nitrogen and oxygen atoms in total. The zero-order valence-electron chi connectivity index (χ0n) is 20.5. The Hall–Kier alpha value is -2.70. The van der Waals surface area contributed by atoms with Gasteiger partial charge in [-0.15, -0.1) is 0 Å². The molecule has 1 spiro atoms. The van der Waals surface area contributed by atoms with E-state index in [0.717, 1.165) is 24.3 Å². The number of hydrogen-bond acceptors (Lipinski definition) is 2. The Kier molecular flexibility index (Phi) is 11.7. The van der Waals surface area contributed by atoms with Crippen LogP contribution in [0.1, 0.15) is 11.1 Å². The summed E-state index contributed by atoms with van der Waals surface area (Å²) >= 11 is 0. The average Bonchev–Trinajstić information content (AvgIpc) is 3.64. The normalized spacial score (nSPS) is 17.3. The standard InChI is InChI=1S/C18H8F12O2P.C5H5.2CO.Fe/c19-15(20,21)13(16(22,23)24)9-5-1-3-7-11(9)33(31-13)12-8-4-2-6-10(12)14(32-33,17(25,26)27)18(28,29)30;1-2-4-5-3-1;2*1-2;/h1-8H;1-5H;;;/q+1;-1;;;. The number of fused-ring (bicyclic) bond motifs is 4. The van der Waals surface area contributed by atoms with Crippen molar-refractivity contribution in [1.29, 1.82) is 0 Å². The topological polar surface area (TPSA) is 58.3 Å². The second kappa shape index (κ2) is 13.1. The fourth-order valence-corrected chi connectivity index (χ4v) is 8.08. The monoisotopic (exact) mass is 692 g/mol. The van der Waals surface area contributed by atoms with E-state index in [2.05, 4.69) is 22.3 Å². The van der Waals surface area contributed by atoms with Gasteiger partial charge in [0.25, 0.3) is 0 Å². The van der Waals surface area contributed by atoms with Gasteiger partial charge in [0, 0.05) is 17.1 Å². The van der Waals surface area contributed by atoms with Gasteiger partial charge in [-0.25, -0.2) is 12.1 Å². The van der Waals surface area contributed by atoms with Crippen LogP contribution in [0.2, 0.25) is 0 Å². The molecule has 0 saturated carbocycles. The predicted molar refractivity (Wildman–Crippen MR) is 119 cm³/mol. The molecule has 2 aliphatic rings. The Morgan fingerprint density at radius 3 is 1.05 bits per heavy atom.